The number of hydrogen-bond donors (Lipinski definition) is 2. The van der Waals surface area contributed by atoms with Crippen molar-refractivity contribution >= 4 is 27.6 Å². The molecule has 1 aliphatic rings. The maximum absolute atomic E-state index is 11.0. The Morgan fingerprint density at radius 1 is 1.26 bits per heavy atom. The van der Waals surface area contributed by atoms with Crippen LogP contribution < -0.4 is 5.32 Å². The number of hydrogen-bond acceptors (Lipinski definition) is 2. The number of carboxylic acids is 1. The molecule has 3 atom stereocenters. The molecule has 0 saturated heterocycles. The van der Waals surface area contributed by atoms with Gasteiger partial charge in [-0.3, -0.25) is 0 Å². The molecule has 0 bridgehead atoms. The number of rotatable bonds is 3. The summed E-state index contributed by atoms with van der Waals surface area (Å²) >= 11 is 3.36. The van der Waals surface area contributed by atoms with Crippen LogP contribution in [0.4, 0.5) is 5.69 Å². The van der Waals surface area contributed by atoms with E-state index in [2.05, 4.69) is 35.1 Å². The van der Waals surface area contributed by atoms with E-state index in [1.165, 1.54) is 6.42 Å². The molecule has 19 heavy (non-hydrogen) atoms. The molecule has 0 amide bonds. The summed E-state index contributed by atoms with van der Waals surface area (Å²) in [5, 5.41) is 12.5. The number of halogens is 1. The Bertz CT molecular complexity index is 475. The number of nitrogens with one attached hydrogen (secondary N) is 1. The zero-order valence-corrected chi connectivity index (χ0v) is 12.9. The van der Waals surface area contributed by atoms with Crippen LogP contribution in [0.2, 0.25) is 0 Å². The predicted octanol–water partition coefficient (Wildman–Crippen LogP) is 4.38. The van der Waals surface area contributed by atoms with Crippen molar-refractivity contribution in [1.29, 1.82) is 0 Å². The average molecular weight is 326 g/mol. The molecule has 4 heteroatoms. The highest BCUT2D eigenvalue weighted by Gasteiger charge is 2.24. The van der Waals surface area contributed by atoms with E-state index in [0.29, 0.717) is 11.6 Å². The maximum Gasteiger partial charge on any atom is 0.335 e. The third-order valence-electron chi connectivity index (χ3n) is 4.11. The van der Waals surface area contributed by atoms with Crippen LogP contribution in [0.25, 0.3) is 0 Å². The Morgan fingerprint density at radius 2 is 2.00 bits per heavy atom. The molecule has 1 aromatic carbocycles. The van der Waals surface area contributed by atoms with E-state index in [4.69, 9.17) is 5.11 Å². The van der Waals surface area contributed by atoms with Crippen molar-refractivity contribution in [2.24, 2.45) is 11.8 Å². The summed E-state index contributed by atoms with van der Waals surface area (Å²) in [6.45, 7) is 4.60. The van der Waals surface area contributed by atoms with Gasteiger partial charge in [0.2, 0.25) is 0 Å². The smallest absolute Gasteiger partial charge is 0.335 e. The van der Waals surface area contributed by atoms with Gasteiger partial charge in [0.05, 0.1) is 5.56 Å². The van der Waals surface area contributed by atoms with Crippen LogP contribution in [0, 0.1) is 11.8 Å². The molecule has 1 saturated carbocycles. The first-order chi connectivity index (χ1) is 8.95. The van der Waals surface area contributed by atoms with Gasteiger partial charge in [-0.1, -0.05) is 29.8 Å². The normalized spacial score (nSPS) is 27.0. The molecule has 1 aliphatic carbocycles. The molecule has 1 aromatic rings. The third kappa shape index (κ3) is 3.72. The average Bonchev–Trinajstić information content (AvgIpc) is 2.33. The topological polar surface area (TPSA) is 49.3 Å². The molecular formula is C15H20BrNO2. The molecule has 3 unspecified atom stereocenters. The van der Waals surface area contributed by atoms with Crippen LogP contribution in [0.3, 0.4) is 0 Å². The fourth-order valence-corrected chi connectivity index (χ4v) is 3.20. The van der Waals surface area contributed by atoms with Gasteiger partial charge in [-0.15, -0.1) is 0 Å². The lowest BCUT2D eigenvalue weighted by atomic mass is 9.79. The number of aromatic carboxylic acids is 1. The van der Waals surface area contributed by atoms with E-state index >= 15 is 0 Å². The van der Waals surface area contributed by atoms with Gasteiger partial charge in [-0.25, -0.2) is 4.79 Å². The molecule has 0 aromatic heterocycles. The Hall–Kier alpha value is -1.03. The number of anilines is 1. The van der Waals surface area contributed by atoms with Gasteiger partial charge in [0.25, 0.3) is 0 Å². The molecule has 0 spiro atoms. The van der Waals surface area contributed by atoms with Crippen LogP contribution in [0.5, 0.6) is 0 Å². The monoisotopic (exact) mass is 325 g/mol. The van der Waals surface area contributed by atoms with Crippen molar-refractivity contribution in [3.63, 3.8) is 0 Å². The lowest BCUT2D eigenvalue weighted by Gasteiger charge is -2.33. The van der Waals surface area contributed by atoms with Crippen LogP contribution in [0.15, 0.2) is 22.7 Å². The predicted molar refractivity (Wildman–Crippen MR) is 80.7 cm³/mol. The van der Waals surface area contributed by atoms with Crippen LogP contribution in [0.1, 0.15) is 43.5 Å². The molecule has 0 heterocycles. The summed E-state index contributed by atoms with van der Waals surface area (Å²) in [6, 6.07) is 5.71. The Kier molecular flexibility index (Phi) is 4.50. The highest BCUT2D eigenvalue weighted by atomic mass is 79.9. The largest absolute Gasteiger partial charge is 0.478 e. The summed E-state index contributed by atoms with van der Waals surface area (Å²) in [4.78, 5) is 11.0. The van der Waals surface area contributed by atoms with E-state index in [-0.39, 0.29) is 0 Å². The molecule has 3 nitrogen and oxygen atoms in total. The van der Waals surface area contributed by atoms with Gasteiger partial charge in [0.15, 0.2) is 0 Å². The maximum atomic E-state index is 11.0. The first-order valence-corrected chi connectivity index (χ1v) is 7.55. The van der Waals surface area contributed by atoms with Crippen molar-refractivity contribution in [2.45, 2.75) is 39.2 Å². The minimum atomic E-state index is -0.894. The molecule has 0 aliphatic heterocycles. The van der Waals surface area contributed by atoms with E-state index in [1.807, 2.05) is 6.07 Å². The first kappa shape index (κ1) is 14.4. The van der Waals surface area contributed by atoms with Crippen molar-refractivity contribution in [1.82, 2.24) is 0 Å². The summed E-state index contributed by atoms with van der Waals surface area (Å²) in [5.41, 5.74) is 1.20. The van der Waals surface area contributed by atoms with Crippen LogP contribution in [-0.4, -0.2) is 17.1 Å². The summed E-state index contributed by atoms with van der Waals surface area (Å²) in [5.74, 6) is 0.613. The van der Waals surface area contributed by atoms with Gasteiger partial charge in [0, 0.05) is 16.2 Å². The van der Waals surface area contributed by atoms with Gasteiger partial charge < -0.3 is 10.4 Å². The van der Waals surface area contributed by atoms with Gasteiger partial charge in [0.1, 0.15) is 0 Å². The molecule has 0 radical (unpaired) electrons. The molecule has 2 rings (SSSR count). The summed E-state index contributed by atoms with van der Waals surface area (Å²) in [7, 11) is 0. The highest BCUT2D eigenvalue weighted by molar-refractivity contribution is 9.10. The van der Waals surface area contributed by atoms with Crippen molar-refractivity contribution in [2.75, 3.05) is 5.32 Å². The first-order valence-electron chi connectivity index (χ1n) is 6.76. The van der Waals surface area contributed by atoms with E-state index in [9.17, 15) is 4.79 Å². The van der Waals surface area contributed by atoms with Crippen molar-refractivity contribution in [3.8, 4) is 0 Å². The SMILES string of the molecule is CC1CCC(Nc2cc(Br)cc(C(=O)O)c2)CC1C. The second-order valence-electron chi connectivity index (χ2n) is 5.64. The fraction of sp³-hybridized carbons (Fsp3) is 0.533. The van der Waals surface area contributed by atoms with Crippen molar-refractivity contribution in [3.05, 3.63) is 28.2 Å². The molecule has 1 fully saturated rings. The molecule has 104 valence electrons. The fourth-order valence-electron chi connectivity index (χ4n) is 2.71. The second-order valence-corrected chi connectivity index (χ2v) is 6.56. The summed E-state index contributed by atoms with van der Waals surface area (Å²) in [6.07, 6.45) is 3.54. The van der Waals surface area contributed by atoms with Crippen LogP contribution >= 0.6 is 15.9 Å². The zero-order chi connectivity index (χ0) is 14.0. The molecular weight excluding hydrogens is 306 g/mol. The van der Waals surface area contributed by atoms with Crippen LogP contribution in [-0.2, 0) is 0 Å². The van der Waals surface area contributed by atoms with E-state index < -0.39 is 5.97 Å². The lowest BCUT2D eigenvalue weighted by Crippen LogP contribution is -2.30. The zero-order valence-electron chi connectivity index (χ0n) is 11.3. The standard InChI is InChI=1S/C15H20BrNO2/c1-9-3-4-13(5-10(9)2)17-14-7-11(15(18)19)6-12(16)8-14/h6-10,13,17H,3-5H2,1-2H3,(H,18,19). The second kappa shape index (κ2) is 5.95. The quantitative estimate of drug-likeness (QED) is 0.866. The van der Waals surface area contributed by atoms with Gasteiger partial charge in [-0.05, 0) is 49.3 Å². The lowest BCUT2D eigenvalue weighted by molar-refractivity contribution is 0.0697. The minimum absolute atomic E-state index is 0.314. The Morgan fingerprint density at radius 3 is 2.63 bits per heavy atom. The van der Waals surface area contributed by atoms with E-state index in [1.54, 1.807) is 12.1 Å². The minimum Gasteiger partial charge on any atom is -0.478 e. The molecule has 2 N–H and O–H groups in total. The highest BCUT2D eigenvalue weighted by Crippen LogP contribution is 2.31. The Labute approximate surface area is 122 Å². The number of carbonyl (C=O) groups is 1. The summed E-state index contributed by atoms with van der Waals surface area (Å²) < 4.78 is 0.798. The Balaban J connectivity index is 2.09. The number of benzene rings is 1. The number of carboxylic acid groups (broad SMARTS) is 1. The van der Waals surface area contributed by atoms with E-state index in [0.717, 1.165) is 34.8 Å². The third-order valence-corrected chi connectivity index (χ3v) is 4.57. The van der Waals surface area contributed by atoms with Crippen molar-refractivity contribution < 1.29 is 9.90 Å². The van der Waals surface area contributed by atoms with Gasteiger partial charge in [-0.2, -0.15) is 0 Å². The van der Waals surface area contributed by atoms with Gasteiger partial charge >= 0.3 is 5.97 Å².